The maximum atomic E-state index is 13.3. The number of likely N-dealkylation sites (tertiary alicyclic amines) is 1. The number of hydrogen-bond donors (Lipinski definition) is 1. The molecule has 2 aromatic rings. The normalized spacial score (nSPS) is 17.5. The fraction of sp³-hybridized carbons (Fsp3) is 0.379. The second kappa shape index (κ2) is 11.4. The lowest BCUT2D eigenvalue weighted by Gasteiger charge is -2.26. The smallest absolute Gasteiger partial charge is 0.295 e. The molecule has 0 unspecified atom stereocenters. The summed E-state index contributed by atoms with van der Waals surface area (Å²) in [6, 6.07) is 12.6. The molecule has 6 nitrogen and oxygen atoms in total. The van der Waals surface area contributed by atoms with Crippen molar-refractivity contribution in [3.05, 3.63) is 82.9 Å². The minimum Gasteiger partial charge on any atom is -0.507 e. The molecule has 0 spiro atoms. The van der Waals surface area contributed by atoms with Gasteiger partial charge in [-0.1, -0.05) is 50.8 Å². The van der Waals surface area contributed by atoms with Gasteiger partial charge in [-0.2, -0.15) is 0 Å². The molecular formula is C29H36N2O4. The van der Waals surface area contributed by atoms with Crippen molar-refractivity contribution in [1.29, 1.82) is 0 Å². The molecule has 1 aliphatic heterocycles. The minimum atomic E-state index is -0.656. The number of amides is 1. The summed E-state index contributed by atoms with van der Waals surface area (Å²) in [5.41, 5.74) is 3.36. The number of nitrogens with zero attached hydrogens (tertiary/aromatic N) is 2. The van der Waals surface area contributed by atoms with E-state index < -0.39 is 17.7 Å². The van der Waals surface area contributed by atoms with Crippen LogP contribution in [0.5, 0.6) is 5.75 Å². The first-order valence-electron chi connectivity index (χ1n) is 12.0. The number of Topliss-reactive ketones (excluding diaryl/α,β-unsaturated/α-hetero) is 1. The highest BCUT2D eigenvalue weighted by Crippen LogP contribution is 2.40. The zero-order valence-electron chi connectivity index (χ0n) is 21.4. The van der Waals surface area contributed by atoms with Crippen molar-refractivity contribution in [3.8, 4) is 5.75 Å². The number of aliphatic hydroxyl groups is 1. The van der Waals surface area contributed by atoms with Crippen LogP contribution in [0.25, 0.3) is 5.76 Å². The van der Waals surface area contributed by atoms with E-state index in [1.807, 2.05) is 50.2 Å². The summed E-state index contributed by atoms with van der Waals surface area (Å²) in [7, 11) is 3.95. The molecule has 1 fully saturated rings. The van der Waals surface area contributed by atoms with Gasteiger partial charge in [0.05, 0.1) is 11.6 Å². The van der Waals surface area contributed by atoms with E-state index in [1.165, 1.54) is 5.56 Å². The molecule has 0 bridgehead atoms. The van der Waals surface area contributed by atoms with E-state index in [2.05, 4.69) is 20.4 Å². The molecule has 0 saturated carbocycles. The molecule has 6 heteroatoms. The Bertz CT molecular complexity index is 1120. The van der Waals surface area contributed by atoms with Gasteiger partial charge in [-0.25, -0.2) is 0 Å². The van der Waals surface area contributed by atoms with Crippen molar-refractivity contribution in [2.75, 3.05) is 33.8 Å². The second-order valence-corrected chi connectivity index (χ2v) is 9.55. The quantitative estimate of drug-likeness (QED) is 0.225. The van der Waals surface area contributed by atoms with Gasteiger partial charge in [0.2, 0.25) is 0 Å². The lowest BCUT2D eigenvalue weighted by molar-refractivity contribution is -0.139. The highest BCUT2D eigenvalue weighted by Gasteiger charge is 2.45. The predicted molar refractivity (Wildman–Crippen MR) is 140 cm³/mol. The van der Waals surface area contributed by atoms with Gasteiger partial charge < -0.3 is 19.6 Å². The minimum absolute atomic E-state index is 0.125. The Morgan fingerprint density at radius 1 is 1.17 bits per heavy atom. The van der Waals surface area contributed by atoms with E-state index >= 15 is 0 Å². The molecule has 1 heterocycles. The van der Waals surface area contributed by atoms with Crippen LogP contribution in [-0.4, -0.2) is 60.4 Å². The van der Waals surface area contributed by atoms with Gasteiger partial charge in [0.15, 0.2) is 0 Å². The first kappa shape index (κ1) is 26.2. The lowest BCUT2D eigenvalue weighted by Crippen LogP contribution is -2.32. The standard InChI is InChI=1S/C29H36N2O4/c1-7-17-35-23-13-14-24(20(4)18-23)27(32)25-26(22-11-9-21(10-12-22)19(2)3)31(29(34)28(25)33)16-8-15-30(5)6/h7,9-14,18-19,26,32H,1,8,15-17H2,2-6H3/t26-/m1/s1. The lowest BCUT2D eigenvalue weighted by atomic mass is 9.92. The molecule has 1 amide bonds. The van der Waals surface area contributed by atoms with Gasteiger partial charge in [0.25, 0.3) is 11.7 Å². The van der Waals surface area contributed by atoms with Crippen molar-refractivity contribution in [2.45, 2.75) is 39.2 Å². The number of carbonyl (C=O) groups excluding carboxylic acids is 2. The average Bonchev–Trinajstić information content (AvgIpc) is 3.07. The average molecular weight is 477 g/mol. The summed E-state index contributed by atoms with van der Waals surface area (Å²) in [4.78, 5) is 30.0. The number of ketones is 1. The SMILES string of the molecule is C=CCOc1ccc(C(O)=C2C(=O)C(=O)N(CCCN(C)C)[C@@H]2c2ccc(C(C)C)cc2)c(C)c1. The van der Waals surface area contributed by atoms with Crippen molar-refractivity contribution in [2.24, 2.45) is 0 Å². The van der Waals surface area contributed by atoms with E-state index in [0.717, 1.165) is 24.1 Å². The number of benzene rings is 2. The molecule has 0 aromatic heterocycles. The van der Waals surface area contributed by atoms with Crippen molar-refractivity contribution in [1.82, 2.24) is 9.80 Å². The van der Waals surface area contributed by atoms with Gasteiger partial charge in [0, 0.05) is 12.1 Å². The van der Waals surface area contributed by atoms with E-state index in [1.54, 1.807) is 29.2 Å². The number of rotatable bonds is 10. The Labute approximate surface area is 208 Å². The third-order valence-electron chi connectivity index (χ3n) is 6.28. The highest BCUT2D eigenvalue weighted by molar-refractivity contribution is 6.46. The Kier molecular flexibility index (Phi) is 8.52. The monoisotopic (exact) mass is 476 g/mol. The molecule has 35 heavy (non-hydrogen) atoms. The Balaban J connectivity index is 2.08. The summed E-state index contributed by atoms with van der Waals surface area (Å²) in [5, 5.41) is 11.4. The summed E-state index contributed by atoms with van der Waals surface area (Å²) in [6.45, 7) is 11.3. The Hall–Kier alpha value is -3.38. The molecule has 2 aromatic carbocycles. The fourth-order valence-corrected chi connectivity index (χ4v) is 4.37. The van der Waals surface area contributed by atoms with E-state index in [0.29, 0.717) is 30.4 Å². The summed E-state index contributed by atoms with van der Waals surface area (Å²) >= 11 is 0. The number of carbonyl (C=O) groups is 2. The Morgan fingerprint density at radius 3 is 2.43 bits per heavy atom. The van der Waals surface area contributed by atoms with Gasteiger partial charge in [-0.15, -0.1) is 0 Å². The maximum Gasteiger partial charge on any atom is 0.295 e. The summed E-state index contributed by atoms with van der Waals surface area (Å²) in [6.07, 6.45) is 2.38. The Morgan fingerprint density at radius 2 is 1.86 bits per heavy atom. The number of ether oxygens (including phenoxy) is 1. The molecule has 0 radical (unpaired) electrons. The van der Waals surface area contributed by atoms with Crippen LogP contribution in [0.1, 0.15) is 54.5 Å². The van der Waals surface area contributed by atoms with Crippen LogP contribution < -0.4 is 4.74 Å². The predicted octanol–water partition coefficient (Wildman–Crippen LogP) is 5.06. The first-order valence-corrected chi connectivity index (χ1v) is 12.0. The van der Waals surface area contributed by atoms with E-state index in [9.17, 15) is 14.7 Å². The molecule has 1 N–H and O–H groups in total. The molecule has 1 aliphatic rings. The maximum absolute atomic E-state index is 13.3. The third kappa shape index (κ3) is 5.82. The largest absolute Gasteiger partial charge is 0.507 e. The summed E-state index contributed by atoms with van der Waals surface area (Å²) in [5.74, 6) is -0.392. The van der Waals surface area contributed by atoms with Crippen molar-refractivity contribution < 1.29 is 19.4 Å². The number of hydrogen-bond acceptors (Lipinski definition) is 5. The summed E-state index contributed by atoms with van der Waals surface area (Å²) < 4.78 is 5.59. The molecule has 186 valence electrons. The van der Waals surface area contributed by atoms with Crippen LogP contribution in [0.15, 0.2) is 60.7 Å². The molecule has 3 rings (SSSR count). The van der Waals surface area contributed by atoms with Gasteiger partial charge >= 0.3 is 0 Å². The van der Waals surface area contributed by atoms with Crippen LogP contribution in [0, 0.1) is 6.92 Å². The topological polar surface area (TPSA) is 70.1 Å². The molecule has 0 aliphatic carbocycles. The van der Waals surface area contributed by atoms with E-state index in [-0.39, 0.29) is 11.3 Å². The van der Waals surface area contributed by atoms with Crippen molar-refractivity contribution in [3.63, 3.8) is 0 Å². The zero-order valence-corrected chi connectivity index (χ0v) is 21.4. The number of aliphatic hydroxyl groups excluding tert-OH is 1. The highest BCUT2D eigenvalue weighted by atomic mass is 16.5. The first-order chi connectivity index (χ1) is 16.6. The zero-order chi connectivity index (χ0) is 25.7. The third-order valence-corrected chi connectivity index (χ3v) is 6.28. The van der Waals surface area contributed by atoms with Crippen LogP contribution in [-0.2, 0) is 9.59 Å². The van der Waals surface area contributed by atoms with Crippen LogP contribution in [0.3, 0.4) is 0 Å². The van der Waals surface area contributed by atoms with Gasteiger partial charge in [0.1, 0.15) is 18.1 Å². The molecule has 1 atom stereocenters. The van der Waals surface area contributed by atoms with Gasteiger partial charge in [-0.3, -0.25) is 9.59 Å². The second-order valence-electron chi connectivity index (χ2n) is 9.55. The van der Waals surface area contributed by atoms with Crippen LogP contribution in [0.2, 0.25) is 0 Å². The van der Waals surface area contributed by atoms with E-state index in [4.69, 9.17) is 4.74 Å². The molecule has 1 saturated heterocycles. The molecular weight excluding hydrogens is 440 g/mol. The van der Waals surface area contributed by atoms with Crippen LogP contribution >= 0.6 is 0 Å². The number of aryl methyl sites for hydroxylation is 1. The van der Waals surface area contributed by atoms with Crippen molar-refractivity contribution >= 4 is 17.4 Å². The van der Waals surface area contributed by atoms with Crippen LogP contribution in [0.4, 0.5) is 0 Å². The fourth-order valence-electron chi connectivity index (χ4n) is 4.37. The van der Waals surface area contributed by atoms with Gasteiger partial charge in [-0.05, 0) is 74.8 Å².